The largest absolute Gasteiger partial charge is 0.489 e. The Morgan fingerprint density at radius 2 is 2.13 bits per heavy atom. The van der Waals surface area contributed by atoms with Gasteiger partial charge in [-0.2, -0.15) is 0 Å². The lowest BCUT2D eigenvalue weighted by molar-refractivity contribution is -0.127. The summed E-state index contributed by atoms with van der Waals surface area (Å²) in [7, 11) is 0. The van der Waals surface area contributed by atoms with Crippen LogP contribution < -0.4 is 10.1 Å². The molecular weight excluding hydrogens is 294 g/mol. The third-order valence-electron chi connectivity index (χ3n) is 4.21. The molecule has 0 radical (unpaired) electrons. The fourth-order valence-corrected chi connectivity index (χ4v) is 2.70. The van der Waals surface area contributed by atoms with Gasteiger partial charge in [0.05, 0.1) is 13.2 Å². The number of para-hydroxylation sites is 1. The molecule has 1 saturated carbocycles. The van der Waals surface area contributed by atoms with Crippen LogP contribution in [0.2, 0.25) is 0 Å². The molecule has 2 aliphatic rings. The van der Waals surface area contributed by atoms with E-state index in [0.29, 0.717) is 19.3 Å². The van der Waals surface area contributed by atoms with E-state index in [-0.39, 0.29) is 24.6 Å². The Labute approximate surface area is 136 Å². The van der Waals surface area contributed by atoms with E-state index in [0.717, 1.165) is 24.2 Å². The highest BCUT2D eigenvalue weighted by Crippen LogP contribution is 2.29. The van der Waals surface area contributed by atoms with Gasteiger partial charge in [-0.05, 0) is 38.3 Å². The van der Waals surface area contributed by atoms with Gasteiger partial charge in [-0.3, -0.25) is 9.69 Å². The number of nitrogens with zero attached hydrogens (tertiary/aromatic N) is 2. The van der Waals surface area contributed by atoms with Crippen molar-refractivity contribution in [1.29, 1.82) is 0 Å². The second kappa shape index (κ2) is 6.48. The van der Waals surface area contributed by atoms with Gasteiger partial charge in [0.2, 0.25) is 5.91 Å². The molecule has 0 bridgehead atoms. The van der Waals surface area contributed by atoms with Crippen molar-refractivity contribution in [3.8, 4) is 5.75 Å². The predicted octanol–water partition coefficient (Wildman–Crippen LogP) is 1.74. The van der Waals surface area contributed by atoms with Gasteiger partial charge in [-0.25, -0.2) is 4.79 Å². The Morgan fingerprint density at radius 3 is 2.83 bits per heavy atom. The van der Waals surface area contributed by atoms with Gasteiger partial charge in [-0.1, -0.05) is 18.2 Å². The second-order valence-electron chi connectivity index (χ2n) is 6.31. The van der Waals surface area contributed by atoms with E-state index in [4.69, 9.17) is 4.74 Å². The Hall–Kier alpha value is -2.24. The van der Waals surface area contributed by atoms with Crippen molar-refractivity contribution < 1.29 is 14.3 Å². The quantitative estimate of drug-likeness (QED) is 0.900. The van der Waals surface area contributed by atoms with Gasteiger partial charge in [0.25, 0.3) is 0 Å². The fraction of sp³-hybridized carbons (Fsp3) is 0.529. The number of benzene rings is 1. The zero-order valence-corrected chi connectivity index (χ0v) is 13.6. The number of hydrogen-bond acceptors (Lipinski definition) is 3. The Balaban J connectivity index is 1.45. The average Bonchev–Trinajstić information content (AvgIpc) is 3.29. The van der Waals surface area contributed by atoms with Crippen molar-refractivity contribution in [3.63, 3.8) is 0 Å². The molecule has 1 atom stereocenters. The van der Waals surface area contributed by atoms with E-state index < -0.39 is 0 Å². The Bertz CT molecular complexity index is 601. The van der Waals surface area contributed by atoms with E-state index in [9.17, 15) is 9.59 Å². The lowest BCUT2D eigenvalue weighted by Gasteiger charge is -2.20. The summed E-state index contributed by atoms with van der Waals surface area (Å²) in [6, 6.07) is 7.94. The van der Waals surface area contributed by atoms with E-state index in [1.54, 1.807) is 9.80 Å². The number of carbonyl (C=O) groups excluding carboxylic acids is 2. The number of ether oxygens (including phenoxy) is 1. The van der Waals surface area contributed by atoms with E-state index in [1.807, 2.05) is 38.1 Å². The van der Waals surface area contributed by atoms with Crippen molar-refractivity contribution in [2.75, 3.05) is 19.8 Å². The molecule has 124 valence electrons. The summed E-state index contributed by atoms with van der Waals surface area (Å²) >= 11 is 0. The smallest absolute Gasteiger partial charge is 0.319 e. The van der Waals surface area contributed by atoms with Crippen LogP contribution in [0, 0.1) is 6.92 Å². The highest BCUT2D eigenvalue weighted by molar-refractivity contribution is 5.87. The minimum absolute atomic E-state index is 0.0480. The first-order chi connectivity index (χ1) is 11.0. The molecule has 1 heterocycles. The van der Waals surface area contributed by atoms with Gasteiger partial charge in [0.15, 0.2) is 0 Å². The molecule has 3 amide bonds. The molecule has 6 nitrogen and oxygen atoms in total. The molecule has 1 aliphatic heterocycles. The first-order valence-electron chi connectivity index (χ1n) is 8.09. The van der Waals surface area contributed by atoms with E-state index in [1.165, 1.54) is 0 Å². The topological polar surface area (TPSA) is 61.9 Å². The summed E-state index contributed by atoms with van der Waals surface area (Å²) < 4.78 is 5.84. The predicted molar refractivity (Wildman–Crippen MR) is 86.1 cm³/mol. The van der Waals surface area contributed by atoms with Crippen LogP contribution >= 0.6 is 0 Å². The number of carbonyl (C=O) groups is 2. The van der Waals surface area contributed by atoms with Gasteiger partial charge in [0, 0.05) is 6.04 Å². The molecule has 1 N–H and O–H groups in total. The Morgan fingerprint density at radius 1 is 1.39 bits per heavy atom. The molecular formula is C17H23N3O3. The highest BCUT2D eigenvalue weighted by Gasteiger charge is 2.39. The maximum atomic E-state index is 12.2. The summed E-state index contributed by atoms with van der Waals surface area (Å²) in [4.78, 5) is 27.4. The number of aryl methyl sites for hydroxylation is 1. The summed E-state index contributed by atoms with van der Waals surface area (Å²) in [6.45, 7) is 4.89. The maximum Gasteiger partial charge on any atom is 0.319 e. The molecule has 3 rings (SSSR count). The standard InChI is InChI=1S/C17H23N3O3/c1-12-5-3-4-6-15(12)23-13(2)9-18-17(22)19-10-16(21)20(11-19)14-7-8-14/h3-6,13-14H,7-11H2,1-2H3,(H,18,22). The van der Waals surface area contributed by atoms with Crippen LogP contribution in [0.4, 0.5) is 4.79 Å². The molecule has 2 fully saturated rings. The van der Waals surface area contributed by atoms with Crippen LogP contribution in [0.15, 0.2) is 24.3 Å². The monoisotopic (exact) mass is 317 g/mol. The number of amides is 3. The molecule has 23 heavy (non-hydrogen) atoms. The molecule has 6 heteroatoms. The summed E-state index contributed by atoms with van der Waals surface area (Å²) in [5.74, 6) is 0.873. The maximum absolute atomic E-state index is 12.2. The SMILES string of the molecule is Cc1ccccc1OC(C)CNC(=O)N1CC(=O)N(C2CC2)C1. The summed E-state index contributed by atoms with van der Waals surface area (Å²) in [6.07, 6.45) is 1.98. The second-order valence-corrected chi connectivity index (χ2v) is 6.31. The normalized spacial score (nSPS) is 19.0. The zero-order chi connectivity index (χ0) is 16.4. The van der Waals surface area contributed by atoms with E-state index >= 15 is 0 Å². The van der Waals surface area contributed by atoms with Crippen molar-refractivity contribution in [3.05, 3.63) is 29.8 Å². The number of rotatable bonds is 5. The van der Waals surface area contributed by atoms with Crippen molar-refractivity contribution in [2.24, 2.45) is 0 Å². The van der Waals surface area contributed by atoms with Crippen LogP contribution in [0.25, 0.3) is 0 Å². The minimum atomic E-state index is -0.207. The molecule has 0 spiro atoms. The third kappa shape index (κ3) is 3.75. The van der Waals surface area contributed by atoms with Crippen molar-refractivity contribution in [1.82, 2.24) is 15.1 Å². The molecule has 0 aromatic heterocycles. The van der Waals surface area contributed by atoms with E-state index in [2.05, 4.69) is 5.32 Å². The number of urea groups is 1. The van der Waals surface area contributed by atoms with Gasteiger partial charge in [0.1, 0.15) is 18.4 Å². The molecule has 1 aliphatic carbocycles. The van der Waals surface area contributed by atoms with Gasteiger partial charge >= 0.3 is 6.03 Å². The molecule has 1 aromatic rings. The van der Waals surface area contributed by atoms with Crippen LogP contribution in [-0.4, -0.2) is 53.6 Å². The molecule has 1 aromatic carbocycles. The Kier molecular flexibility index (Phi) is 4.41. The third-order valence-corrected chi connectivity index (χ3v) is 4.21. The lowest BCUT2D eigenvalue weighted by Crippen LogP contribution is -2.43. The molecule has 1 unspecified atom stereocenters. The van der Waals surface area contributed by atoms with Crippen LogP contribution in [0.3, 0.4) is 0 Å². The first-order valence-corrected chi connectivity index (χ1v) is 8.09. The molecule has 1 saturated heterocycles. The summed E-state index contributed by atoms with van der Waals surface area (Å²) in [5, 5.41) is 2.85. The number of nitrogens with one attached hydrogen (secondary N) is 1. The lowest BCUT2D eigenvalue weighted by atomic mass is 10.2. The van der Waals surface area contributed by atoms with Crippen molar-refractivity contribution >= 4 is 11.9 Å². The number of hydrogen-bond donors (Lipinski definition) is 1. The van der Waals surface area contributed by atoms with Gasteiger partial charge in [-0.15, -0.1) is 0 Å². The highest BCUT2D eigenvalue weighted by atomic mass is 16.5. The van der Waals surface area contributed by atoms with Crippen LogP contribution in [0.1, 0.15) is 25.3 Å². The fourth-order valence-electron chi connectivity index (χ4n) is 2.70. The van der Waals surface area contributed by atoms with Crippen LogP contribution in [-0.2, 0) is 4.79 Å². The minimum Gasteiger partial charge on any atom is -0.489 e. The van der Waals surface area contributed by atoms with Gasteiger partial charge < -0.3 is 15.0 Å². The zero-order valence-electron chi connectivity index (χ0n) is 13.6. The van der Waals surface area contributed by atoms with Crippen molar-refractivity contribution in [2.45, 2.75) is 38.8 Å². The average molecular weight is 317 g/mol. The first kappa shape index (κ1) is 15.6. The van der Waals surface area contributed by atoms with Crippen LogP contribution in [0.5, 0.6) is 5.75 Å². The summed E-state index contributed by atoms with van der Waals surface area (Å²) in [5.41, 5.74) is 1.07.